The summed E-state index contributed by atoms with van der Waals surface area (Å²) in [5.74, 6) is 0.913. The first-order chi connectivity index (χ1) is 10.2. The molecule has 1 aliphatic carbocycles. The summed E-state index contributed by atoms with van der Waals surface area (Å²) in [6.07, 6.45) is 2.33. The highest BCUT2D eigenvalue weighted by molar-refractivity contribution is 7.09. The number of anilines is 1. The molecule has 0 amide bonds. The molecule has 6 heteroatoms. The largest absolute Gasteiger partial charge is 0.409 e. The number of thiophene rings is 1. The fraction of sp³-hybridized carbons (Fsp3) is 0.333. The molecule has 0 unspecified atom stereocenters. The summed E-state index contributed by atoms with van der Waals surface area (Å²) in [4.78, 5) is 8.20. The van der Waals surface area contributed by atoms with Gasteiger partial charge in [-0.2, -0.15) is 0 Å². The molecule has 0 radical (unpaired) electrons. The molecule has 3 rings (SSSR count). The molecular weight excluding hydrogens is 284 g/mol. The van der Waals surface area contributed by atoms with E-state index >= 15 is 0 Å². The average molecular weight is 302 g/mol. The molecule has 0 atom stereocenters. The zero-order valence-electron chi connectivity index (χ0n) is 11.9. The van der Waals surface area contributed by atoms with Crippen LogP contribution in [-0.2, 0) is 6.54 Å². The Morgan fingerprint density at radius 2 is 2.29 bits per heavy atom. The number of aromatic nitrogens is 1. The first-order valence-corrected chi connectivity index (χ1v) is 7.81. The molecule has 2 aromatic rings. The Kier molecular flexibility index (Phi) is 3.79. The summed E-state index contributed by atoms with van der Waals surface area (Å²) in [7, 11) is 0. The third-order valence-electron chi connectivity index (χ3n) is 3.56. The van der Waals surface area contributed by atoms with Gasteiger partial charge in [-0.05, 0) is 43.3 Å². The number of oxime groups is 1. The van der Waals surface area contributed by atoms with Crippen LogP contribution in [0.25, 0.3) is 0 Å². The SMILES string of the molecule is Cc1ccc(C(N)=NO)c(N(Cc2cccs2)C2CC2)n1. The molecule has 2 aromatic heterocycles. The van der Waals surface area contributed by atoms with E-state index in [4.69, 9.17) is 10.9 Å². The number of nitrogens with zero attached hydrogens (tertiary/aromatic N) is 3. The van der Waals surface area contributed by atoms with Crippen LogP contribution in [0, 0.1) is 6.92 Å². The molecule has 0 spiro atoms. The molecule has 110 valence electrons. The normalized spacial score (nSPS) is 15.2. The number of pyridine rings is 1. The van der Waals surface area contributed by atoms with Gasteiger partial charge in [-0.3, -0.25) is 0 Å². The van der Waals surface area contributed by atoms with Crippen LogP contribution in [0.4, 0.5) is 5.82 Å². The van der Waals surface area contributed by atoms with Crippen molar-refractivity contribution in [3.05, 3.63) is 45.8 Å². The maximum atomic E-state index is 8.99. The van der Waals surface area contributed by atoms with E-state index in [1.54, 1.807) is 11.3 Å². The second-order valence-corrected chi connectivity index (χ2v) is 6.28. The molecular formula is C15H18N4OS. The van der Waals surface area contributed by atoms with Gasteiger partial charge < -0.3 is 15.8 Å². The maximum Gasteiger partial charge on any atom is 0.173 e. The van der Waals surface area contributed by atoms with E-state index in [0.717, 1.165) is 30.9 Å². The molecule has 2 heterocycles. The highest BCUT2D eigenvalue weighted by atomic mass is 32.1. The minimum absolute atomic E-state index is 0.106. The highest BCUT2D eigenvalue weighted by Gasteiger charge is 2.32. The number of hydrogen-bond donors (Lipinski definition) is 2. The summed E-state index contributed by atoms with van der Waals surface area (Å²) in [6, 6.07) is 8.42. The van der Waals surface area contributed by atoms with E-state index in [9.17, 15) is 0 Å². The molecule has 0 aromatic carbocycles. The molecule has 1 aliphatic rings. The van der Waals surface area contributed by atoms with Crippen molar-refractivity contribution in [1.29, 1.82) is 0 Å². The van der Waals surface area contributed by atoms with E-state index < -0.39 is 0 Å². The summed E-state index contributed by atoms with van der Waals surface area (Å²) in [5, 5.41) is 14.2. The van der Waals surface area contributed by atoms with Crippen LogP contribution in [-0.4, -0.2) is 22.1 Å². The van der Waals surface area contributed by atoms with Crippen LogP contribution in [0.1, 0.15) is 29.0 Å². The highest BCUT2D eigenvalue weighted by Crippen LogP contribution is 2.34. The molecule has 5 nitrogen and oxygen atoms in total. The average Bonchev–Trinajstić information content (AvgIpc) is 3.20. The molecule has 1 fully saturated rings. The fourth-order valence-electron chi connectivity index (χ4n) is 2.35. The van der Waals surface area contributed by atoms with Gasteiger partial charge in [0, 0.05) is 16.6 Å². The Labute approximate surface area is 127 Å². The smallest absolute Gasteiger partial charge is 0.173 e. The van der Waals surface area contributed by atoms with Gasteiger partial charge in [-0.1, -0.05) is 11.2 Å². The Morgan fingerprint density at radius 3 is 2.90 bits per heavy atom. The van der Waals surface area contributed by atoms with Crippen LogP contribution in [0.3, 0.4) is 0 Å². The lowest BCUT2D eigenvalue weighted by molar-refractivity contribution is 0.318. The van der Waals surface area contributed by atoms with Crippen molar-refractivity contribution in [1.82, 2.24) is 4.98 Å². The molecule has 1 saturated carbocycles. The van der Waals surface area contributed by atoms with Crippen molar-refractivity contribution in [2.45, 2.75) is 32.4 Å². The van der Waals surface area contributed by atoms with Crippen LogP contribution < -0.4 is 10.6 Å². The quantitative estimate of drug-likeness (QED) is 0.385. The predicted molar refractivity (Wildman–Crippen MR) is 85.0 cm³/mol. The van der Waals surface area contributed by atoms with Gasteiger partial charge >= 0.3 is 0 Å². The number of rotatable bonds is 5. The predicted octanol–water partition coefficient (Wildman–Crippen LogP) is 2.72. The van der Waals surface area contributed by atoms with Gasteiger partial charge in [-0.15, -0.1) is 11.3 Å². The fourth-order valence-corrected chi connectivity index (χ4v) is 3.05. The van der Waals surface area contributed by atoms with Gasteiger partial charge in [0.1, 0.15) is 5.82 Å². The minimum Gasteiger partial charge on any atom is -0.409 e. The van der Waals surface area contributed by atoms with Crippen LogP contribution >= 0.6 is 11.3 Å². The molecule has 0 saturated heterocycles. The third kappa shape index (κ3) is 3.00. The first-order valence-electron chi connectivity index (χ1n) is 6.93. The van der Waals surface area contributed by atoms with E-state index in [1.807, 2.05) is 19.1 Å². The number of hydrogen-bond acceptors (Lipinski definition) is 5. The number of amidine groups is 1. The third-order valence-corrected chi connectivity index (χ3v) is 4.43. The van der Waals surface area contributed by atoms with Crippen molar-refractivity contribution >= 4 is 23.0 Å². The van der Waals surface area contributed by atoms with Gasteiger partial charge in [-0.25, -0.2) is 4.98 Å². The molecule has 0 bridgehead atoms. The van der Waals surface area contributed by atoms with Crippen molar-refractivity contribution in [3.8, 4) is 0 Å². The molecule has 3 N–H and O–H groups in total. The first kappa shape index (κ1) is 13.9. The lowest BCUT2D eigenvalue weighted by Gasteiger charge is -2.25. The van der Waals surface area contributed by atoms with Crippen molar-refractivity contribution in [2.75, 3.05) is 4.90 Å². The monoisotopic (exact) mass is 302 g/mol. The topological polar surface area (TPSA) is 74.7 Å². The van der Waals surface area contributed by atoms with E-state index in [-0.39, 0.29) is 5.84 Å². The lowest BCUT2D eigenvalue weighted by atomic mass is 10.2. The van der Waals surface area contributed by atoms with Gasteiger partial charge in [0.05, 0.1) is 12.1 Å². The Hall–Kier alpha value is -2.08. The summed E-state index contributed by atoms with van der Waals surface area (Å²) < 4.78 is 0. The van der Waals surface area contributed by atoms with Crippen LogP contribution in [0.5, 0.6) is 0 Å². The van der Waals surface area contributed by atoms with Crippen molar-refractivity contribution in [2.24, 2.45) is 10.9 Å². The second-order valence-electron chi connectivity index (χ2n) is 5.25. The summed E-state index contributed by atoms with van der Waals surface area (Å²) >= 11 is 1.73. The summed E-state index contributed by atoms with van der Waals surface area (Å²) in [6.45, 7) is 2.76. The zero-order valence-corrected chi connectivity index (χ0v) is 12.7. The lowest BCUT2D eigenvalue weighted by Crippen LogP contribution is -2.29. The van der Waals surface area contributed by atoms with Crippen LogP contribution in [0.2, 0.25) is 0 Å². The van der Waals surface area contributed by atoms with Gasteiger partial charge in [0.25, 0.3) is 0 Å². The van der Waals surface area contributed by atoms with Crippen LogP contribution in [0.15, 0.2) is 34.8 Å². The Bertz CT molecular complexity index is 650. The standard InChI is InChI=1S/C15H18N4OS/c1-10-4-7-13(14(16)18-20)15(17-10)19(11-5-6-11)9-12-3-2-8-21-12/h2-4,7-8,11,20H,5-6,9H2,1H3,(H2,16,18). The number of nitrogens with two attached hydrogens (primary N) is 1. The van der Waals surface area contributed by atoms with Crippen molar-refractivity contribution < 1.29 is 5.21 Å². The Balaban J connectivity index is 2.00. The van der Waals surface area contributed by atoms with Gasteiger partial charge in [0.2, 0.25) is 0 Å². The molecule has 0 aliphatic heterocycles. The zero-order chi connectivity index (χ0) is 14.8. The summed E-state index contributed by atoms with van der Waals surface area (Å²) in [5.41, 5.74) is 7.43. The minimum atomic E-state index is 0.106. The Morgan fingerprint density at radius 1 is 1.48 bits per heavy atom. The van der Waals surface area contributed by atoms with E-state index in [0.29, 0.717) is 11.6 Å². The van der Waals surface area contributed by atoms with E-state index in [2.05, 4.69) is 32.6 Å². The maximum absolute atomic E-state index is 8.99. The van der Waals surface area contributed by atoms with E-state index in [1.165, 1.54) is 4.88 Å². The number of aryl methyl sites for hydroxylation is 1. The van der Waals surface area contributed by atoms with Crippen molar-refractivity contribution in [3.63, 3.8) is 0 Å². The second kappa shape index (κ2) is 5.73. The molecule has 21 heavy (non-hydrogen) atoms. The van der Waals surface area contributed by atoms with Gasteiger partial charge in [0.15, 0.2) is 5.84 Å².